The molecule has 25 heavy (non-hydrogen) atoms. The molecule has 1 aliphatic heterocycles. The van der Waals surface area contributed by atoms with Crippen LogP contribution < -0.4 is 10.2 Å². The lowest BCUT2D eigenvalue weighted by Gasteiger charge is -2.35. The van der Waals surface area contributed by atoms with Crippen LogP contribution in [0.25, 0.3) is 0 Å². The molecule has 2 aromatic rings. The van der Waals surface area contributed by atoms with Crippen LogP contribution in [0.1, 0.15) is 24.4 Å². The second kappa shape index (κ2) is 7.22. The second-order valence-corrected chi connectivity index (χ2v) is 7.91. The first-order chi connectivity index (χ1) is 12.2. The van der Waals surface area contributed by atoms with E-state index in [2.05, 4.69) is 15.2 Å². The molecule has 1 atom stereocenters. The molecule has 7 heteroatoms. The molecule has 1 N–H and O–H groups in total. The number of carbonyl (C=O) groups excluding carboxylic acids is 1. The number of carbonyl (C=O) groups is 1. The first kappa shape index (κ1) is 16.7. The lowest BCUT2D eigenvalue weighted by atomic mass is 10.0. The monoisotopic (exact) mass is 376 g/mol. The van der Waals surface area contributed by atoms with E-state index in [1.54, 1.807) is 11.3 Å². The number of piperazine rings is 1. The SMILES string of the molecule is O=C(NC(c1ccc(Cl)cc1)C1CC1)N1CCN(c2nccs2)CC1. The van der Waals surface area contributed by atoms with Gasteiger partial charge in [0.1, 0.15) is 0 Å². The van der Waals surface area contributed by atoms with Gasteiger partial charge in [-0.1, -0.05) is 23.7 Å². The third-order valence-electron chi connectivity index (χ3n) is 4.86. The number of aromatic nitrogens is 1. The van der Waals surface area contributed by atoms with Gasteiger partial charge in [-0.2, -0.15) is 0 Å². The summed E-state index contributed by atoms with van der Waals surface area (Å²) >= 11 is 7.64. The van der Waals surface area contributed by atoms with Gasteiger partial charge in [0.2, 0.25) is 0 Å². The van der Waals surface area contributed by atoms with Crippen molar-refractivity contribution in [1.82, 2.24) is 15.2 Å². The molecule has 132 valence electrons. The molecule has 4 rings (SSSR count). The zero-order valence-electron chi connectivity index (χ0n) is 13.9. The highest BCUT2D eigenvalue weighted by Crippen LogP contribution is 2.41. The van der Waals surface area contributed by atoms with Gasteiger partial charge < -0.3 is 15.1 Å². The highest BCUT2D eigenvalue weighted by atomic mass is 35.5. The first-order valence-corrected chi connectivity index (χ1v) is 9.92. The van der Waals surface area contributed by atoms with Crippen molar-refractivity contribution in [2.75, 3.05) is 31.1 Å². The number of benzene rings is 1. The molecule has 5 nitrogen and oxygen atoms in total. The number of urea groups is 1. The summed E-state index contributed by atoms with van der Waals surface area (Å²) in [5.74, 6) is 0.543. The largest absolute Gasteiger partial charge is 0.345 e. The number of hydrogen-bond acceptors (Lipinski definition) is 4. The van der Waals surface area contributed by atoms with Crippen molar-refractivity contribution < 1.29 is 4.79 Å². The van der Waals surface area contributed by atoms with Gasteiger partial charge in [-0.3, -0.25) is 0 Å². The highest BCUT2D eigenvalue weighted by molar-refractivity contribution is 7.13. The van der Waals surface area contributed by atoms with Crippen LogP contribution in [0.2, 0.25) is 5.02 Å². The summed E-state index contributed by atoms with van der Waals surface area (Å²) in [6.07, 6.45) is 4.17. The summed E-state index contributed by atoms with van der Waals surface area (Å²) in [7, 11) is 0. The van der Waals surface area contributed by atoms with Crippen molar-refractivity contribution >= 4 is 34.1 Å². The summed E-state index contributed by atoms with van der Waals surface area (Å²) in [6, 6.07) is 7.95. The fourth-order valence-electron chi connectivity index (χ4n) is 3.27. The fraction of sp³-hybridized carbons (Fsp3) is 0.444. The smallest absolute Gasteiger partial charge is 0.318 e. The molecule has 2 amide bonds. The van der Waals surface area contributed by atoms with Gasteiger partial charge in [0, 0.05) is 42.8 Å². The summed E-state index contributed by atoms with van der Waals surface area (Å²) in [4.78, 5) is 21.2. The lowest BCUT2D eigenvalue weighted by molar-refractivity contribution is 0.189. The number of anilines is 1. The molecule has 2 aliphatic rings. The zero-order valence-corrected chi connectivity index (χ0v) is 15.5. The Morgan fingerprint density at radius 2 is 1.92 bits per heavy atom. The van der Waals surface area contributed by atoms with E-state index < -0.39 is 0 Å². The Bertz CT molecular complexity index is 709. The molecular formula is C18H21ClN4OS. The van der Waals surface area contributed by atoms with E-state index in [0.29, 0.717) is 5.92 Å². The van der Waals surface area contributed by atoms with E-state index in [0.717, 1.165) is 41.9 Å². The van der Waals surface area contributed by atoms with Crippen LogP contribution in [0.15, 0.2) is 35.8 Å². The summed E-state index contributed by atoms with van der Waals surface area (Å²) < 4.78 is 0. The van der Waals surface area contributed by atoms with Gasteiger partial charge in [-0.25, -0.2) is 9.78 Å². The molecule has 1 aromatic carbocycles. The van der Waals surface area contributed by atoms with Crippen molar-refractivity contribution in [2.24, 2.45) is 5.92 Å². The van der Waals surface area contributed by atoms with Crippen LogP contribution in [-0.2, 0) is 0 Å². The van der Waals surface area contributed by atoms with Gasteiger partial charge in [0.05, 0.1) is 6.04 Å². The maximum atomic E-state index is 12.7. The molecule has 1 aromatic heterocycles. The van der Waals surface area contributed by atoms with Gasteiger partial charge in [-0.15, -0.1) is 11.3 Å². The van der Waals surface area contributed by atoms with E-state index in [1.807, 2.05) is 40.7 Å². The van der Waals surface area contributed by atoms with Crippen molar-refractivity contribution in [2.45, 2.75) is 18.9 Å². The molecule has 2 fully saturated rings. The van der Waals surface area contributed by atoms with Crippen molar-refractivity contribution in [3.05, 3.63) is 46.4 Å². The number of nitrogens with one attached hydrogen (secondary N) is 1. The Hall–Kier alpha value is -1.79. The molecule has 2 heterocycles. The highest BCUT2D eigenvalue weighted by Gasteiger charge is 2.34. The number of thiazole rings is 1. The van der Waals surface area contributed by atoms with Crippen LogP contribution in [0, 0.1) is 5.92 Å². The van der Waals surface area contributed by atoms with Gasteiger partial charge in [0.15, 0.2) is 5.13 Å². The predicted molar refractivity (Wildman–Crippen MR) is 101 cm³/mol. The number of rotatable bonds is 4. The van der Waals surface area contributed by atoms with E-state index in [1.165, 1.54) is 12.8 Å². The minimum atomic E-state index is 0.0330. The topological polar surface area (TPSA) is 48.5 Å². The minimum absolute atomic E-state index is 0.0330. The Labute approximate surface area is 156 Å². The van der Waals surface area contributed by atoms with Crippen molar-refractivity contribution in [3.8, 4) is 0 Å². The molecular weight excluding hydrogens is 356 g/mol. The maximum absolute atomic E-state index is 12.7. The normalized spacial score (nSPS) is 18.9. The Kier molecular flexibility index (Phi) is 4.81. The average Bonchev–Trinajstić information content (AvgIpc) is 3.33. The summed E-state index contributed by atoms with van der Waals surface area (Å²) in [5.41, 5.74) is 1.14. The van der Waals surface area contributed by atoms with Crippen molar-refractivity contribution in [1.29, 1.82) is 0 Å². The van der Waals surface area contributed by atoms with E-state index in [9.17, 15) is 4.79 Å². The Morgan fingerprint density at radius 1 is 1.20 bits per heavy atom. The van der Waals surface area contributed by atoms with E-state index >= 15 is 0 Å². The molecule has 1 aliphatic carbocycles. The lowest BCUT2D eigenvalue weighted by Crippen LogP contribution is -2.52. The average molecular weight is 377 g/mol. The van der Waals surface area contributed by atoms with E-state index in [-0.39, 0.29) is 12.1 Å². The van der Waals surface area contributed by atoms with Gasteiger partial charge in [-0.05, 0) is 36.5 Å². The van der Waals surface area contributed by atoms with Gasteiger partial charge in [0.25, 0.3) is 0 Å². The first-order valence-electron chi connectivity index (χ1n) is 8.66. The molecule has 0 radical (unpaired) electrons. The fourth-order valence-corrected chi connectivity index (χ4v) is 4.09. The molecule has 1 saturated heterocycles. The molecule has 0 bridgehead atoms. The quantitative estimate of drug-likeness (QED) is 0.883. The number of amides is 2. The van der Waals surface area contributed by atoms with Gasteiger partial charge >= 0.3 is 6.03 Å². The standard InChI is InChI=1S/C18H21ClN4OS/c19-15-5-3-14(4-6-15)16(13-1-2-13)21-17(24)22-8-10-23(11-9-22)18-20-7-12-25-18/h3-7,12-13,16H,1-2,8-11H2,(H,21,24). The number of hydrogen-bond donors (Lipinski definition) is 1. The summed E-state index contributed by atoms with van der Waals surface area (Å²) in [6.45, 7) is 3.11. The van der Waals surface area contributed by atoms with Crippen LogP contribution in [-0.4, -0.2) is 42.1 Å². The molecule has 0 spiro atoms. The third kappa shape index (κ3) is 3.90. The van der Waals surface area contributed by atoms with Crippen LogP contribution in [0.3, 0.4) is 0 Å². The molecule has 1 unspecified atom stereocenters. The Balaban J connectivity index is 1.37. The second-order valence-electron chi connectivity index (χ2n) is 6.60. The minimum Gasteiger partial charge on any atom is -0.345 e. The zero-order chi connectivity index (χ0) is 17.2. The van der Waals surface area contributed by atoms with Crippen LogP contribution in [0.4, 0.5) is 9.93 Å². The Morgan fingerprint density at radius 3 is 2.52 bits per heavy atom. The third-order valence-corrected chi connectivity index (χ3v) is 5.94. The van der Waals surface area contributed by atoms with Crippen LogP contribution in [0.5, 0.6) is 0 Å². The van der Waals surface area contributed by atoms with Crippen LogP contribution >= 0.6 is 22.9 Å². The number of halogens is 1. The maximum Gasteiger partial charge on any atom is 0.318 e. The van der Waals surface area contributed by atoms with Crippen molar-refractivity contribution in [3.63, 3.8) is 0 Å². The molecule has 1 saturated carbocycles. The van der Waals surface area contributed by atoms with E-state index in [4.69, 9.17) is 11.6 Å². The summed E-state index contributed by atoms with van der Waals surface area (Å²) in [5, 5.41) is 7.00. The number of nitrogens with zero attached hydrogens (tertiary/aromatic N) is 3. The predicted octanol–water partition coefficient (Wildman–Crippen LogP) is 3.78.